The molecule has 4 amide bonds. The number of likely N-dealkylation sites (tertiary alicyclic amines) is 2. The molecule has 0 radical (unpaired) electrons. The molecular formula is C31H59N11O7. The van der Waals surface area contributed by atoms with Crippen LogP contribution in [-0.4, -0.2) is 175 Å². The van der Waals surface area contributed by atoms with Gasteiger partial charge >= 0.3 is 17.9 Å². The second kappa shape index (κ2) is 25.0. The molecule has 280 valence electrons. The van der Waals surface area contributed by atoms with Gasteiger partial charge in [0.15, 0.2) is 0 Å². The van der Waals surface area contributed by atoms with Crippen LogP contribution in [0.15, 0.2) is 9.32 Å². The van der Waals surface area contributed by atoms with Crippen molar-refractivity contribution in [2.45, 2.75) is 52.9 Å². The highest BCUT2D eigenvalue weighted by molar-refractivity contribution is 5.77. The molecule has 0 aromatic carbocycles. The summed E-state index contributed by atoms with van der Waals surface area (Å²) >= 11 is 0. The highest BCUT2D eigenvalue weighted by Crippen LogP contribution is 2.05. The third-order valence-corrected chi connectivity index (χ3v) is 7.42. The van der Waals surface area contributed by atoms with E-state index in [9.17, 15) is 19.2 Å². The van der Waals surface area contributed by atoms with Crippen LogP contribution >= 0.6 is 0 Å². The Hall–Kier alpha value is -4.03. The van der Waals surface area contributed by atoms with Crippen molar-refractivity contribution in [2.24, 2.45) is 0 Å². The SMILES string of the molecule is CN1CCCC1=O.CN1CCCCC1.CN1CCNC1=O.CN1CCOC1=O.CN1CCOCC1.Cc1n[nH]c(C)n1.Cc1noc(=O)[nH]1. The van der Waals surface area contributed by atoms with Crippen molar-refractivity contribution in [2.75, 3.05) is 107 Å². The largest absolute Gasteiger partial charge is 0.448 e. The van der Waals surface area contributed by atoms with Gasteiger partial charge in [0.05, 0.1) is 19.8 Å². The molecule has 5 fully saturated rings. The predicted octanol–water partition coefficient (Wildman–Crippen LogP) is 1.09. The Balaban J connectivity index is 0.000000286. The lowest BCUT2D eigenvalue weighted by Crippen LogP contribution is -2.32. The standard InChI is InChI=1S/C6H13N.C5H11NO.C5H9NO.C4H7N3.C4H8N2O.C4H7NO2.C3H4N2O2/c1-7-5-3-2-4-6-7;1-6-2-4-7-5-3-6;1-6-4-2-3-5(6)7;1-3-5-4(2)7-6-3;1-6-3-2-5-4(6)7;1-5-2-3-7-4(5)6;1-2-4-3(6)7-5-2/h2-6H2,1H3;2-5H2,1H3;2-4H2,1H3;1-2H3,(H,5,6,7);2-3H2,1H3,(H,5,7);2-3H2,1H3;1H3,(H,4,5,6). The van der Waals surface area contributed by atoms with E-state index in [4.69, 9.17) is 4.74 Å². The lowest BCUT2D eigenvalue weighted by molar-refractivity contribution is -0.126. The molecule has 7 rings (SSSR count). The van der Waals surface area contributed by atoms with Gasteiger partial charge in [-0.1, -0.05) is 11.6 Å². The lowest BCUT2D eigenvalue weighted by Gasteiger charge is -2.21. The number of amides is 4. The molecule has 2 aromatic heterocycles. The molecule has 5 aliphatic heterocycles. The molecule has 7 heterocycles. The molecule has 18 nitrogen and oxygen atoms in total. The number of morpholine rings is 1. The molecule has 3 N–H and O–H groups in total. The first-order valence-corrected chi connectivity index (χ1v) is 16.7. The molecule has 0 atom stereocenters. The maximum atomic E-state index is 10.5. The zero-order chi connectivity index (χ0) is 36.6. The fourth-order valence-electron chi connectivity index (χ4n) is 4.29. The lowest BCUT2D eigenvalue weighted by atomic mass is 10.1. The fourth-order valence-corrected chi connectivity index (χ4v) is 4.29. The van der Waals surface area contributed by atoms with E-state index in [0.29, 0.717) is 18.3 Å². The number of hydrogen-bond acceptors (Lipinski definition) is 12. The summed E-state index contributed by atoms with van der Waals surface area (Å²) in [6.07, 6.45) is 5.88. The molecule has 0 bridgehead atoms. The average Bonchev–Trinajstić information content (AvgIpc) is 3.91. The van der Waals surface area contributed by atoms with Gasteiger partial charge in [0.1, 0.15) is 24.1 Å². The third-order valence-electron chi connectivity index (χ3n) is 7.42. The molecule has 49 heavy (non-hydrogen) atoms. The van der Waals surface area contributed by atoms with Gasteiger partial charge in [0, 0.05) is 60.3 Å². The van der Waals surface area contributed by atoms with Gasteiger partial charge in [0.2, 0.25) is 5.91 Å². The molecule has 5 aliphatic rings. The van der Waals surface area contributed by atoms with Crippen molar-refractivity contribution in [3.8, 4) is 0 Å². The third kappa shape index (κ3) is 21.5. The summed E-state index contributed by atoms with van der Waals surface area (Å²) in [5, 5.41) is 12.4. The van der Waals surface area contributed by atoms with Crippen molar-refractivity contribution in [1.82, 2.24) is 55.1 Å². The second-order valence-electron chi connectivity index (χ2n) is 12.0. The maximum Gasteiger partial charge on any atom is 0.438 e. The first-order chi connectivity index (χ1) is 23.3. The number of urea groups is 1. The summed E-state index contributed by atoms with van der Waals surface area (Å²) < 4.78 is 13.8. The van der Waals surface area contributed by atoms with Crippen LogP contribution in [0.4, 0.5) is 9.59 Å². The first kappa shape index (κ1) is 43.0. The van der Waals surface area contributed by atoms with Gasteiger partial charge in [0.25, 0.3) is 0 Å². The minimum Gasteiger partial charge on any atom is -0.448 e. The monoisotopic (exact) mass is 697 g/mol. The van der Waals surface area contributed by atoms with E-state index in [0.717, 1.165) is 77.0 Å². The van der Waals surface area contributed by atoms with Crippen molar-refractivity contribution in [3.05, 3.63) is 28.0 Å². The van der Waals surface area contributed by atoms with Crippen LogP contribution in [0.25, 0.3) is 0 Å². The molecule has 5 saturated heterocycles. The molecule has 0 unspecified atom stereocenters. The Bertz CT molecular complexity index is 1150. The number of piperidine rings is 1. The van der Waals surface area contributed by atoms with E-state index in [1.807, 2.05) is 20.9 Å². The number of carbonyl (C=O) groups is 3. The number of nitrogens with zero attached hydrogens (tertiary/aromatic N) is 8. The maximum absolute atomic E-state index is 10.5. The van der Waals surface area contributed by atoms with Gasteiger partial charge in [-0.15, -0.1) is 0 Å². The Morgan fingerprint density at radius 1 is 0.673 bits per heavy atom. The molecule has 0 spiro atoms. The van der Waals surface area contributed by atoms with Crippen LogP contribution in [0.5, 0.6) is 0 Å². The smallest absolute Gasteiger partial charge is 0.438 e. The van der Waals surface area contributed by atoms with E-state index < -0.39 is 5.76 Å². The van der Waals surface area contributed by atoms with Crippen molar-refractivity contribution >= 4 is 18.0 Å². The highest BCUT2D eigenvalue weighted by Gasteiger charge is 2.16. The van der Waals surface area contributed by atoms with Gasteiger partial charge < -0.3 is 39.3 Å². The van der Waals surface area contributed by atoms with Gasteiger partial charge in [-0.2, -0.15) is 5.10 Å². The van der Waals surface area contributed by atoms with Crippen molar-refractivity contribution in [1.29, 1.82) is 0 Å². The van der Waals surface area contributed by atoms with Crippen LogP contribution in [0.2, 0.25) is 0 Å². The Kier molecular flexibility index (Phi) is 21.9. The number of aromatic amines is 2. The summed E-state index contributed by atoms with van der Waals surface area (Å²) in [5.74, 6) is 1.97. The first-order valence-electron chi connectivity index (χ1n) is 16.7. The van der Waals surface area contributed by atoms with Gasteiger partial charge in [-0.05, 0) is 67.2 Å². The molecular weight excluding hydrogens is 638 g/mol. The number of ether oxygens (including phenoxy) is 2. The molecule has 0 aliphatic carbocycles. The number of rotatable bonds is 0. The minimum atomic E-state index is -0.502. The Morgan fingerprint density at radius 2 is 1.33 bits per heavy atom. The topological polar surface area (TPSA) is 198 Å². The van der Waals surface area contributed by atoms with Gasteiger partial charge in [-0.25, -0.2) is 19.4 Å². The van der Waals surface area contributed by atoms with Crippen LogP contribution in [0.1, 0.15) is 49.6 Å². The Labute approximate surface area is 289 Å². The highest BCUT2D eigenvalue weighted by atomic mass is 16.6. The number of H-pyrrole nitrogens is 2. The number of aryl methyl sites for hydroxylation is 3. The van der Waals surface area contributed by atoms with E-state index in [1.54, 1.807) is 35.7 Å². The number of nitrogens with one attached hydrogen (secondary N) is 3. The number of aromatic nitrogens is 5. The summed E-state index contributed by atoms with van der Waals surface area (Å²) in [7, 11) is 9.65. The number of likely N-dealkylation sites (N-methyl/N-ethyl adjacent to an activating group) is 3. The van der Waals surface area contributed by atoms with Crippen LogP contribution in [0, 0.1) is 20.8 Å². The summed E-state index contributed by atoms with van der Waals surface area (Å²) in [6, 6.07) is 0.0417. The molecule has 2 aromatic rings. The van der Waals surface area contributed by atoms with Crippen LogP contribution in [-0.2, 0) is 14.3 Å². The Morgan fingerprint density at radius 3 is 1.51 bits per heavy atom. The van der Waals surface area contributed by atoms with Crippen molar-refractivity contribution in [3.63, 3.8) is 0 Å². The van der Waals surface area contributed by atoms with E-state index in [1.165, 1.54) is 32.4 Å². The second-order valence-corrected chi connectivity index (χ2v) is 12.0. The number of hydrogen-bond donors (Lipinski definition) is 3. The molecule has 18 heteroatoms. The summed E-state index contributed by atoms with van der Waals surface area (Å²) in [4.78, 5) is 57.0. The number of carbonyl (C=O) groups excluding carboxylic acids is 3. The summed E-state index contributed by atoms with van der Waals surface area (Å²) in [5.41, 5.74) is 0. The minimum absolute atomic E-state index is 0.0417. The normalized spacial score (nSPS) is 18.7. The van der Waals surface area contributed by atoms with Gasteiger partial charge in [-0.3, -0.25) is 19.4 Å². The fraction of sp³-hybridized carbons (Fsp3) is 0.774. The van der Waals surface area contributed by atoms with E-state index in [-0.39, 0.29) is 12.1 Å². The van der Waals surface area contributed by atoms with Crippen molar-refractivity contribution < 1.29 is 28.4 Å². The van der Waals surface area contributed by atoms with Crippen LogP contribution < -0.4 is 11.1 Å². The van der Waals surface area contributed by atoms with E-state index in [2.05, 4.69) is 63.8 Å². The predicted molar refractivity (Wildman–Crippen MR) is 184 cm³/mol. The van der Waals surface area contributed by atoms with E-state index >= 15 is 0 Å². The molecule has 0 saturated carbocycles. The quantitative estimate of drug-likeness (QED) is 0.355. The zero-order valence-corrected chi connectivity index (χ0v) is 30.7. The number of cyclic esters (lactones) is 1. The van der Waals surface area contributed by atoms with Crippen LogP contribution in [0.3, 0.4) is 0 Å². The summed E-state index contributed by atoms with van der Waals surface area (Å²) in [6.45, 7) is 15.9. The average molecular weight is 698 g/mol. The zero-order valence-electron chi connectivity index (χ0n) is 30.7.